The third-order valence-electron chi connectivity index (χ3n) is 3.62. The highest BCUT2D eigenvalue weighted by atomic mass is 79.9. The molecule has 0 saturated carbocycles. The second-order valence-corrected chi connectivity index (χ2v) is 6.40. The van der Waals surface area contributed by atoms with Gasteiger partial charge in [-0.3, -0.25) is 4.79 Å². The van der Waals surface area contributed by atoms with E-state index in [1.807, 2.05) is 55.5 Å². The molecule has 0 unspecified atom stereocenters. The first kappa shape index (κ1) is 17.1. The molecule has 2 N–H and O–H groups in total. The average Bonchev–Trinajstić information content (AvgIpc) is 2.64. The van der Waals surface area contributed by atoms with Gasteiger partial charge in [-0.1, -0.05) is 46.3 Å². The molecule has 1 amide bonds. The number of benzene rings is 2. The van der Waals surface area contributed by atoms with Gasteiger partial charge in [-0.05, 0) is 36.2 Å². The van der Waals surface area contributed by atoms with E-state index in [1.54, 1.807) is 6.20 Å². The molecule has 126 valence electrons. The molecule has 0 radical (unpaired) electrons. The number of anilines is 2. The van der Waals surface area contributed by atoms with Gasteiger partial charge < -0.3 is 10.6 Å². The number of aryl methyl sites for hydroxylation is 1. The van der Waals surface area contributed by atoms with Crippen molar-refractivity contribution >= 4 is 33.3 Å². The minimum Gasteiger partial charge on any atom is -0.365 e. The van der Waals surface area contributed by atoms with E-state index >= 15 is 0 Å². The van der Waals surface area contributed by atoms with E-state index in [2.05, 4.69) is 36.5 Å². The Morgan fingerprint density at radius 2 is 1.88 bits per heavy atom. The summed E-state index contributed by atoms with van der Waals surface area (Å²) in [7, 11) is 0. The molecule has 6 heteroatoms. The molecule has 0 aliphatic carbocycles. The third kappa shape index (κ3) is 4.64. The van der Waals surface area contributed by atoms with Crippen molar-refractivity contribution in [2.75, 3.05) is 10.6 Å². The largest absolute Gasteiger partial charge is 0.365 e. The molecule has 3 rings (SSSR count). The molecule has 2 aromatic carbocycles. The first-order chi connectivity index (χ1) is 12.1. The number of carbonyl (C=O) groups excluding carboxylic acids is 1. The Bertz CT molecular complexity index is 866. The quantitative estimate of drug-likeness (QED) is 0.669. The van der Waals surface area contributed by atoms with Gasteiger partial charge in [0.05, 0.1) is 12.4 Å². The summed E-state index contributed by atoms with van der Waals surface area (Å²) in [5, 5.41) is 6.00. The van der Waals surface area contributed by atoms with Gasteiger partial charge in [0.15, 0.2) is 0 Å². The van der Waals surface area contributed by atoms with Crippen LogP contribution < -0.4 is 10.6 Å². The van der Waals surface area contributed by atoms with Gasteiger partial charge in [-0.15, -0.1) is 0 Å². The van der Waals surface area contributed by atoms with Crippen LogP contribution in [0.15, 0.2) is 65.4 Å². The Kier molecular flexibility index (Phi) is 5.40. The highest BCUT2D eigenvalue weighted by molar-refractivity contribution is 9.10. The van der Waals surface area contributed by atoms with Crippen LogP contribution in [-0.2, 0) is 6.54 Å². The van der Waals surface area contributed by atoms with Crippen molar-refractivity contribution in [3.63, 3.8) is 0 Å². The number of halogens is 1. The number of nitrogens with zero attached hydrogens (tertiary/aromatic N) is 2. The summed E-state index contributed by atoms with van der Waals surface area (Å²) in [6.45, 7) is 2.62. The van der Waals surface area contributed by atoms with Gasteiger partial charge in [0.1, 0.15) is 11.5 Å². The number of carbonyl (C=O) groups is 1. The standard InChI is InChI=1S/C19H17BrN4O/c1-13-9-15(7-8-16(13)20)24-19(25)17-11-23-18(12-21-17)22-10-14-5-3-2-4-6-14/h2-9,11-12H,10H2,1H3,(H,22,23)(H,24,25). The molecular formula is C19H17BrN4O. The van der Waals surface area contributed by atoms with Crippen LogP contribution in [0.1, 0.15) is 21.6 Å². The zero-order chi connectivity index (χ0) is 17.6. The van der Waals surface area contributed by atoms with Crippen molar-refractivity contribution in [2.45, 2.75) is 13.5 Å². The maximum absolute atomic E-state index is 12.3. The fourth-order valence-electron chi connectivity index (χ4n) is 2.24. The topological polar surface area (TPSA) is 66.9 Å². The lowest BCUT2D eigenvalue weighted by Crippen LogP contribution is -2.14. The van der Waals surface area contributed by atoms with Gasteiger partial charge in [-0.25, -0.2) is 9.97 Å². The molecule has 0 aliphatic rings. The van der Waals surface area contributed by atoms with Gasteiger partial charge in [0, 0.05) is 16.7 Å². The van der Waals surface area contributed by atoms with Crippen molar-refractivity contribution in [3.05, 3.63) is 82.2 Å². The van der Waals surface area contributed by atoms with Gasteiger partial charge in [0.2, 0.25) is 0 Å². The Labute approximate surface area is 154 Å². The molecule has 3 aromatic rings. The molecule has 0 bridgehead atoms. The summed E-state index contributed by atoms with van der Waals surface area (Å²) in [5.74, 6) is 0.337. The summed E-state index contributed by atoms with van der Waals surface area (Å²) in [5.41, 5.74) is 3.19. The van der Waals surface area contributed by atoms with Crippen LogP contribution in [0.5, 0.6) is 0 Å². The van der Waals surface area contributed by atoms with E-state index in [-0.39, 0.29) is 11.6 Å². The zero-order valence-corrected chi connectivity index (χ0v) is 15.2. The molecule has 0 spiro atoms. The average molecular weight is 397 g/mol. The molecule has 0 fully saturated rings. The van der Waals surface area contributed by atoms with E-state index in [9.17, 15) is 4.79 Å². The lowest BCUT2D eigenvalue weighted by atomic mass is 10.2. The minimum absolute atomic E-state index is 0.269. The predicted octanol–water partition coefficient (Wildman–Crippen LogP) is 4.41. The lowest BCUT2D eigenvalue weighted by Gasteiger charge is -2.08. The molecular weight excluding hydrogens is 380 g/mol. The maximum atomic E-state index is 12.3. The van der Waals surface area contributed by atoms with Crippen LogP contribution in [0.2, 0.25) is 0 Å². The van der Waals surface area contributed by atoms with E-state index in [0.29, 0.717) is 12.4 Å². The number of amides is 1. The monoisotopic (exact) mass is 396 g/mol. The highest BCUT2D eigenvalue weighted by Crippen LogP contribution is 2.20. The molecule has 1 heterocycles. The summed E-state index contributed by atoms with van der Waals surface area (Å²) in [6, 6.07) is 15.6. The SMILES string of the molecule is Cc1cc(NC(=O)c2cnc(NCc3ccccc3)cn2)ccc1Br. The fraction of sp³-hybridized carbons (Fsp3) is 0.105. The van der Waals surface area contributed by atoms with Crippen LogP contribution in [-0.4, -0.2) is 15.9 Å². The van der Waals surface area contributed by atoms with Crippen molar-refractivity contribution < 1.29 is 4.79 Å². The van der Waals surface area contributed by atoms with E-state index in [1.165, 1.54) is 6.20 Å². The Morgan fingerprint density at radius 1 is 1.08 bits per heavy atom. The lowest BCUT2D eigenvalue weighted by molar-refractivity contribution is 0.102. The summed E-state index contributed by atoms with van der Waals surface area (Å²) < 4.78 is 0.999. The second kappa shape index (κ2) is 7.90. The van der Waals surface area contributed by atoms with Gasteiger partial charge >= 0.3 is 0 Å². The number of rotatable bonds is 5. The zero-order valence-electron chi connectivity index (χ0n) is 13.7. The minimum atomic E-state index is -0.288. The molecule has 0 atom stereocenters. The summed E-state index contributed by atoms with van der Waals surface area (Å²) in [6.07, 6.45) is 3.03. The van der Waals surface area contributed by atoms with Crippen LogP contribution in [0.25, 0.3) is 0 Å². The van der Waals surface area contributed by atoms with E-state index in [0.717, 1.165) is 21.3 Å². The molecule has 0 aliphatic heterocycles. The van der Waals surface area contributed by atoms with Crippen LogP contribution in [0.4, 0.5) is 11.5 Å². The predicted molar refractivity (Wildman–Crippen MR) is 103 cm³/mol. The fourth-order valence-corrected chi connectivity index (χ4v) is 2.49. The molecule has 1 aromatic heterocycles. The number of hydrogen-bond donors (Lipinski definition) is 2. The van der Waals surface area contributed by atoms with Crippen molar-refractivity contribution in [2.24, 2.45) is 0 Å². The Hall–Kier alpha value is -2.73. The highest BCUT2D eigenvalue weighted by Gasteiger charge is 2.09. The van der Waals surface area contributed by atoms with Gasteiger partial charge in [-0.2, -0.15) is 0 Å². The smallest absolute Gasteiger partial charge is 0.275 e. The van der Waals surface area contributed by atoms with Crippen LogP contribution in [0, 0.1) is 6.92 Å². The van der Waals surface area contributed by atoms with Crippen molar-refractivity contribution in [1.29, 1.82) is 0 Å². The number of aromatic nitrogens is 2. The first-order valence-corrected chi connectivity index (χ1v) is 8.58. The summed E-state index contributed by atoms with van der Waals surface area (Å²) >= 11 is 3.44. The molecule has 25 heavy (non-hydrogen) atoms. The third-order valence-corrected chi connectivity index (χ3v) is 4.51. The molecule has 5 nitrogen and oxygen atoms in total. The van der Waals surface area contributed by atoms with E-state index in [4.69, 9.17) is 0 Å². The van der Waals surface area contributed by atoms with Gasteiger partial charge in [0.25, 0.3) is 5.91 Å². The van der Waals surface area contributed by atoms with Crippen LogP contribution in [0.3, 0.4) is 0 Å². The van der Waals surface area contributed by atoms with Crippen molar-refractivity contribution in [3.8, 4) is 0 Å². The second-order valence-electron chi connectivity index (χ2n) is 5.54. The van der Waals surface area contributed by atoms with E-state index < -0.39 is 0 Å². The first-order valence-electron chi connectivity index (χ1n) is 7.79. The Morgan fingerprint density at radius 3 is 2.56 bits per heavy atom. The maximum Gasteiger partial charge on any atom is 0.275 e. The Balaban J connectivity index is 1.61. The summed E-state index contributed by atoms with van der Waals surface area (Å²) in [4.78, 5) is 20.7. The van der Waals surface area contributed by atoms with Crippen LogP contribution >= 0.6 is 15.9 Å². The number of hydrogen-bond acceptors (Lipinski definition) is 4. The van der Waals surface area contributed by atoms with Crippen molar-refractivity contribution in [1.82, 2.24) is 9.97 Å². The normalized spacial score (nSPS) is 10.3. The number of nitrogens with one attached hydrogen (secondary N) is 2. The molecule has 0 saturated heterocycles.